The fourth-order valence-corrected chi connectivity index (χ4v) is 5.81. The Bertz CT molecular complexity index is 1360. The number of anilines is 3. The Morgan fingerprint density at radius 3 is 2.10 bits per heavy atom. The van der Waals surface area contributed by atoms with Gasteiger partial charge < -0.3 is 26.2 Å². The Morgan fingerprint density at radius 2 is 1.51 bits per heavy atom. The van der Waals surface area contributed by atoms with E-state index in [0.717, 1.165) is 31.4 Å². The Hall–Kier alpha value is -4.05. The summed E-state index contributed by atoms with van der Waals surface area (Å²) in [5.41, 5.74) is -0.824. The minimum Gasteiger partial charge on any atom is -0.478 e. The van der Waals surface area contributed by atoms with E-state index in [2.05, 4.69) is 16.0 Å². The number of carbonyl (C=O) groups excluding carboxylic acids is 1. The molecule has 5 rings (SSSR count). The van der Waals surface area contributed by atoms with E-state index in [1.54, 1.807) is 6.07 Å². The number of halogens is 3. The number of hydrogen-bond donors (Lipinski definition) is 5. The number of aliphatic hydroxyl groups is 1. The van der Waals surface area contributed by atoms with Crippen LogP contribution in [0.4, 0.5) is 30.2 Å². The molecule has 0 saturated heterocycles. The van der Waals surface area contributed by atoms with Gasteiger partial charge in [-0.15, -0.1) is 0 Å². The fraction of sp³-hybridized carbons (Fsp3) is 0.310. The van der Waals surface area contributed by atoms with Crippen molar-refractivity contribution in [2.75, 3.05) is 16.0 Å². The normalized spacial score (nSPS) is 17.8. The van der Waals surface area contributed by atoms with Crippen LogP contribution in [0.25, 0.3) is 0 Å². The fourth-order valence-electron chi connectivity index (χ4n) is 5.81. The molecule has 5 N–H and O–H groups in total. The molecule has 1 aliphatic carbocycles. The molecule has 3 aromatic carbocycles. The summed E-state index contributed by atoms with van der Waals surface area (Å²) >= 11 is 0. The summed E-state index contributed by atoms with van der Waals surface area (Å²) in [4.78, 5) is 25.6. The molecule has 10 heteroatoms. The number of rotatable bonds is 7. The van der Waals surface area contributed by atoms with Gasteiger partial charge in [-0.2, -0.15) is 0 Å². The number of benzene rings is 3. The lowest BCUT2D eigenvalue weighted by Crippen LogP contribution is -2.60. The zero-order valence-corrected chi connectivity index (χ0v) is 20.9. The molecule has 0 spiro atoms. The van der Waals surface area contributed by atoms with Crippen molar-refractivity contribution in [2.45, 2.75) is 43.9 Å². The number of fused-ring (bicyclic) bond motifs is 1. The van der Waals surface area contributed by atoms with Gasteiger partial charge in [-0.05, 0) is 54.7 Å². The molecule has 2 aliphatic rings. The van der Waals surface area contributed by atoms with E-state index in [4.69, 9.17) is 0 Å². The SMILES string of the molecule is O=C(O)c1cccc(NC(=O)C(C2CCCCC2)C2(C(O)c3ccc(F)cc3)Nc3cc(F)c(F)cc3N2)c1. The standard InChI is InChI=1S/C29H28F3N3O4/c30-19-11-9-17(10-12-19)26(36)29(34-23-14-21(31)22(32)15-24(23)35-29)25(16-5-2-1-3-6-16)27(37)33-20-8-4-7-18(13-20)28(38)39/h4,7-16,25-26,34-36H,1-3,5-6H2,(H,33,37)(H,38,39). The maximum absolute atomic E-state index is 14.2. The molecule has 204 valence electrons. The highest BCUT2D eigenvalue weighted by Crippen LogP contribution is 2.49. The van der Waals surface area contributed by atoms with Gasteiger partial charge in [-0.25, -0.2) is 18.0 Å². The van der Waals surface area contributed by atoms with E-state index in [-0.39, 0.29) is 34.1 Å². The van der Waals surface area contributed by atoms with Gasteiger partial charge in [0.15, 0.2) is 17.3 Å². The van der Waals surface area contributed by atoms with Gasteiger partial charge in [0.2, 0.25) is 5.91 Å². The number of carbonyl (C=O) groups is 2. The Morgan fingerprint density at radius 1 is 0.897 bits per heavy atom. The first-order valence-corrected chi connectivity index (χ1v) is 12.8. The number of carboxylic acid groups (broad SMARTS) is 1. The highest BCUT2D eigenvalue weighted by atomic mass is 19.2. The van der Waals surface area contributed by atoms with Crippen molar-refractivity contribution < 1.29 is 33.0 Å². The Balaban J connectivity index is 1.61. The lowest BCUT2D eigenvalue weighted by molar-refractivity contribution is -0.126. The molecule has 1 aliphatic heterocycles. The minimum atomic E-state index is -1.67. The van der Waals surface area contributed by atoms with Gasteiger partial charge in [0.05, 0.1) is 22.9 Å². The Kier molecular flexibility index (Phi) is 7.22. The van der Waals surface area contributed by atoms with Crippen LogP contribution >= 0.6 is 0 Å². The van der Waals surface area contributed by atoms with Gasteiger partial charge in [-0.1, -0.05) is 37.5 Å². The summed E-state index contributed by atoms with van der Waals surface area (Å²) < 4.78 is 42.2. The molecular formula is C29H28F3N3O4. The summed E-state index contributed by atoms with van der Waals surface area (Å²) in [6, 6.07) is 12.9. The first-order valence-electron chi connectivity index (χ1n) is 12.8. The molecule has 2 atom stereocenters. The topological polar surface area (TPSA) is 111 Å². The van der Waals surface area contributed by atoms with Crippen molar-refractivity contribution in [3.63, 3.8) is 0 Å². The number of aromatic carboxylic acids is 1. The average molecular weight is 540 g/mol. The third-order valence-corrected chi connectivity index (χ3v) is 7.63. The van der Waals surface area contributed by atoms with E-state index in [1.165, 1.54) is 42.5 Å². The van der Waals surface area contributed by atoms with Crippen molar-refractivity contribution in [1.82, 2.24) is 0 Å². The molecule has 3 aromatic rings. The third kappa shape index (κ3) is 5.16. The van der Waals surface area contributed by atoms with Gasteiger partial charge >= 0.3 is 5.97 Å². The predicted molar refractivity (Wildman–Crippen MR) is 140 cm³/mol. The highest BCUT2D eigenvalue weighted by Gasteiger charge is 2.55. The summed E-state index contributed by atoms with van der Waals surface area (Å²) in [5.74, 6) is -5.63. The summed E-state index contributed by atoms with van der Waals surface area (Å²) in [7, 11) is 0. The highest BCUT2D eigenvalue weighted by molar-refractivity contribution is 5.97. The number of carboxylic acids is 1. The zero-order chi connectivity index (χ0) is 27.7. The van der Waals surface area contributed by atoms with Gasteiger partial charge in [0.1, 0.15) is 11.9 Å². The van der Waals surface area contributed by atoms with E-state index in [9.17, 15) is 33.0 Å². The number of hydrogen-bond acceptors (Lipinski definition) is 5. The predicted octanol–water partition coefficient (Wildman–Crippen LogP) is 5.90. The molecular weight excluding hydrogens is 511 g/mol. The largest absolute Gasteiger partial charge is 0.478 e. The van der Waals surface area contributed by atoms with E-state index >= 15 is 0 Å². The van der Waals surface area contributed by atoms with Crippen LogP contribution in [-0.4, -0.2) is 27.8 Å². The maximum Gasteiger partial charge on any atom is 0.335 e. The first kappa shape index (κ1) is 26.6. The van der Waals surface area contributed by atoms with Crippen molar-refractivity contribution in [3.8, 4) is 0 Å². The second kappa shape index (κ2) is 10.6. The maximum atomic E-state index is 14.2. The molecule has 2 unspecified atom stereocenters. The molecule has 0 bridgehead atoms. The quantitative estimate of drug-likeness (QED) is 0.256. The zero-order valence-electron chi connectivity index (χ0n) is 20.9. The molecule has 1 saturated carbocycles. The van der Waals surface area contributed by atoms with E-state index < -0.39 is 47.0 Å². The van der Waals surface area contributed by atoms with Crippen molar-refractivity contribution in [1.29, 1.82) is 0 Å². The van der Waals surface area contributed by atoms with Gasteiger partial charge in [0.25, 0.3) is 0 Å². The molecule has 1 heterocycles. The van der Waals surface area contributed by atoms with Crippen LogP contribution < -0.4 is 16.0 Å². The second-order valence-electron chi connectivity index (χ2n) is 10.1. The smallest absolute Gasteiger partial charge is 0.335 e. The molecule has 0 aromatic heterocycles. The van der Waals surface area contributed by atoms with Crippen molar-refractivity contribution in [3.05, 3.63) is 89.2 Å². The van der Waals surface area contributed by atoms with E-state index in [1.807, 2.05) is 0 Å². The lowest BCUT2D eigenvalue weighted by atomic mass is 9.70. The minimum absolute atomic E-state index is 0.0152. The van der Waals surface area contributed by atoms with Gasteiger partial charge in [0, 0.05) is 17.8 Å². The van der Waals surface area contributed by atoms with Crippen LogP contribution in [0.3, 0.4) is 0 Å². The van der Waals surface area contributed by atoms with Crippen molar-refractivity contribution in [2.24, 2.45) is 11.8 Å². The van der Waals surface area contributed by atoms with Crippen LogP contribution in [0.5, 0.6) is 0 Å². The molecule has 1 fully saturated rings. The molecule has 39 heavy (non-hydrogen) atoms. The van der Waals surface area contributed by atoms with Crippen LogP contribution in [-0.2, 0) is 4.79 Å². The van der Waals surface area contributed by atoms with Crippen LogP contribution in [0, 0.1) is 29.3 Å². The molecule has 1 amide bonds. The van der Waals surface area contributed by atoms with Crippen LogP contribution in [0.1, 0.15) is 54.1 Å². The summed E-state index contributed by atoms with van der Waals surface area (Å²) in [5, 5.41) is 30.2. The van der Waals surface area contributed by atoms with Gasteiger partial charge in [-0.3, -0.25) is 4.79 Å². The van der Waals surface area contributed by atoms with Crippen molar-refractivity contribution >= 4 is 28.9 Å². The monoisotopic (exact) mass is 539 g/mol. The number of nitrogens with one attached hydrogen (secondary N) is 3. The third-order valence-electron chi connectivity index (χ3n) is 7.63. The van der Waals surface area contributed by atoms with Crippen LogP contribution in [0.15, 0.2) is 60.7 Å². The summed E-state index contributed by atoms with van der Waals surface area (Å²) in [6.45, 7) is 0. The molecule has 7 nitrogen and oxygen atoms in total. The van der Waals surface area contributed by atoms with E-state index in [0.29, 0.717) is 12.8 Å². The van der Waals surface area contributed by atoms with Crippen LogP contribution in [0.2, 0.25) is 0 Å². The average Bonchev–Trinajstić information content (AvgIpc) is 3.28. The Labute approximate surface area is 223 Å². The summed E-state index contributed by atoms with van der Waals surface area (Å²) in [6.07, 6.45) is 2.54. The second-order valence-corrected chi connectivity index (χ2v) is 10.1. The number of amides is 1. The first-order chi connectivity index (χ1) is 18.7. The lowest BCUT2D eigenvalue weighted by Gasteiger charge is -2.45. The number of aliphatic hydroxyl groups excluding tert-OH is 1. The molecule has 0 radical (unpaired) electrons.